The number of esters is 2. The van der Waals surface area contributed by atoms with Crippen molar-refractivity contribution in [3.8, 4) is 6.07 Å². The molecule has 2 amide bonds. The van der Waals surface area contributed by atoms with E-state index in [1.807, 2.05) is 19.9 Å². The van der Waals surface area contributed by atoms with E-state index in [0.29, 0.717) is 13.1 Å². The number of hydrogen-bond acceptors (Lipinski definition) is 9. The second-order valence-electron chi connectivity index (χ2n) is 12.5. The number of carbonyl (C=O) groups excluding carboxylic acids is 3. The van der Waals surface area contributed by atoms with Crippen LogP contribution in [0.1, 0.15) is 84.5 Å². The largest absolute Gasteiger partial charge is 0.463 e. The molecule has 2 aliphatic rings. The summed E-state index contributed by atoms with van der Waals surface area (Å²) in [6.45, 7) is 9.40. The molecule has 1 aliphatic carbocycles. The highest BCUT2D eigenvalue weighted by Gasteiger charge is 2.59. The number of H-pyrrole nitrogens is 1. The summed E-state index contributed by atoms with van der Waals surface area (Å²) in [4.78, 5) is 50.9. The number of carbonyl (C=O) groups is 3. The van der Waals surface area contributed by atoms with Crippen LogP contribution in [0.3, 0.4) is 0 Å². The van der Waals surface area contributed by atoms with Crippen LogP contribution in [0.15, 0.2) is 22.1 Å². The molecule has 0 aromatic carbocycles. The van der Waals surface area contributed by atoms with Crippen LogP contribution in [-0.2, 0) is 29.4 Å². The fraction of sp³-hybridized carbons (Fsp3) is 0.677. The molecule has 0 radical (unpaired) electrons. The molecular formula is C31H47N7O7. The van der Waals surface area contributed by atoms with Crippen molar-refractivity contribution in [2.24, 2.45) is 32.8 Å². The molecular weight excluding hydrogens is 582 g/mol. The quantitative estimate of drug-likeness (QED) is 0.168. The van der Waals surface area contributed by atoms with Gasteiger partial charge < -0.3 is 40.7 Å². The smallest absolute Gasteiger partial charge is 0.345 e. The van der Waals surface area contributed by atoms with E-state index in [9.17, 15) is 24.8 Å². The number of aromatic nitrogens is 1. The second kappa shape index (κ2) is 15.5. The molecule has 3 rings (SSSR count). The number of ether oxygens (including phenoxy) is 3. The molecule has 1 saturated carbocycles. The Labute approximate surface area is 264 Å². The van der Waals surface area contributed by atoms with Gasteiger partial charge in [-0.2, -0.15) is 10.3 Å². The molecule has 5 atom stereocenters. The summed E-state index contributed by atoms with van der Waals surface area (Å²) < 4.78 is 17.3. The maximum atomic E-state index is 13.1. The Kier molecular flexibility index (Phi) is 12.3. The first kappa shape index (κ1) is 35.7. The van der Waals surface area contributed by atoms with Gasteiger partial charge in [0, 0.05) is 19.5 Å². The number of rotatable bonds is 10. The highest BCUT2D eigenvalue weighted by molar-refractivity contribution is 6.06. The lowest BCUT2D eigenvalue weighted by atomic mass is 9.87. The number of aromatic amines is 1. The van der Waals surface area contributed by atoms with Gasteiger partial charge >= 0.3 is 18.0 Å². The summed E-state index contributed by atoms with van der Waals surface area (Å²) in [5, 5.41) is 22.0. The van der Waals surface area contributed by atoms with E-state index in [-0.39, 0.29) is 36.2 Å². The summed E-state index contributed by atoms with van der Waals surface area (Å²) in [7, 11) is 0. The summed E-state index contributed by atoms with van der Waals surface area (Å²) in [6, 6.07) is 3.38. The normalized spacial score (nSPS) is 25.1. The van der Waals surface area contributed by atoms with Crippen LogP contribution in [0.4, 0.5) is 4.79 Å². The lowest BCUT2D eigenvalue weighted by Crippen LogP contribution is -2.49. The average Bonchev–Trinajstić information content (AvgIpc) is 3.60. The van der Waals surface area contributed by atoms with Crippen molar-refractivity contribution in [3.63, 3.8) is 0 Å². The monoisotopic (exact) mass is 629 g/mol. The maximum Gasteiger partial charge on any atom is 0.345 e. The first-order valence-corrected chi connectivity index (χ1v) is 15.5. The predicted octanol–water partition coefficient (Wildman–Crippen LogP) is 2.49. The van der Waals surface area contributed by atoms with Gasteiger partial charge in [0.1, 0.15) is 30.9 Å². The summed E-state index contributed by atoms with van der Waals surface area (Å²) in [5.41, 5.74) is 9.17. The number of amidine groups is 1. The highest BCUT2D eigenvalue weighted by Crippen LogP contribution is 2.41. The molecule has 1 aliphatic heterocycles. The Bertz CT molecular complexity index is 1290. The number of aliphatic imine (C=N–C) groups is 2. The van der Waals surface area contributed by atoms with Gasteiger partial charge in [0.25, 0.3) is 0 Å². The van der Waals surface area contributed by atoms with Crippen LogP contribution in [0.2, 0.25) is 0 Å². The fourth-order valence-electron chi connectivity index (χ4n) is 5.50. The van der Waals surface area contributed by atoms with Crippen LogP contribution < -0.4 is 11.5 Å². The first-order chi connectivity index (χ1) is 21.3. The SMILES string of the molecule is CCN(CC)C(=O)/N=C(\N=CN)c1ccc([C@]2(C#N)O[C@H](COC(=O)CC3CCCCC3)[C@@H](OC(=O)[C@@H](N)C(C)(C)C)[C@H]2O)[nH]1. The molecule has 6 N–H and O–H groups in total. The number of aliphatic hydroxyl groups is 1. The Morgan fingerprint density at radius 1 is 1.24 bits per heavy atom. The second-order valence-corrected chi connectivity index (χ2v) is 12.5. The van der Waals surface area contributed by atoms with E-state index in [2.05, 4.69) is 15.0 Å². The van der Waals surface area contributed by atoms with E-state index in [1.54, 1.807) is 20.8 Å². The number of nitrogens with two attached hydrogens (primary N) is 2. The van der Waals surface area contributed by atoms with Crippen molar-refractivity contribution in [2.75, 3.05) is 19.7 Å². The van der Waals surface area contributed by atoms with Crippen molar-refractivity contribution in [1.82, 2.24) is 9.88 Å². The Hall–Kier alpha value is -3.80. The molecule has 248 valence electrons. The van der Waals surface area contributed by atoms with Gasteiger partial charge in [0.15, 0.2) is 11.9 Å². The van der Waals surface area contributed by atoms with Gasteiger partial charge in [-0.25, -0.2) is 9.79 Å². The van der Waals surface area contributed by atoms with Crippen molar-refractivity contribution in [1.29, 1.82) is 5.26 Å². The minimum Gasteiger partial charge on any atom is -0.463 e. The van der Waals surface area contributed by atoms with Crippen LogP contribution >= 0.6 is 0 Å². The number of hydrogen-bond donors (Lipinski definition) is 4. The van der Waals surface area contributed by atoms with E-state index in [1.165, 1.54) is 17.0 Å². The third-order valence-corrected chi connectivity index (χ3v) is 8.38. The molecule has 14 heteroatoms. The molecule has 0 bridgehead atoms. The number of nitrogens with one attached hydrogen (secondary N) is 1. The molecule has 1 saturated heterocycles. The van der Waals surface area contributed by atoms with Gasteiger partial charge in [-0.05, 0) is 50.2 Å². The molecule has 45 heavy (non-hydrogen) atoms. The zero-order valence-corrected chi connectivity index (χ0v) is 26.8. The highest BCUT2D eigenvalue weighted by atomic mass is 16.6. The summed E-state index contributed by atoms with van der Waals surface area (Å²) in [5.74, 6) is -1.08. The Morgan fingerprint density at radius 3 is 2.49 bits per heavy atom. The zero-order valence-electron chi connectivity index (χ0n) is 26.8. The third kappa shape index (κ3) is 8.47. The molecule has 0 unspecified atom stereocenters. The summed E-state index contributed by atoms with van der Waals surface area (Å²) in [6.07, 6.45) is 2.08. The average molecular weight is 630 g/mol. The van der Waals surface area contributed by atoms with Crippen LogP contribution in [0, 0.1) is 22.7 Å². The standard InChI is InChI=1S/C31H47N7O7/c1-6-38(7-2)29(42)37-27(35-18-33)20-13-14-22(36-20)31(17-32)26(40)24(44-28(41)25(34)30(3,4)5)21(45-31)16-43-23(39)15-19-11-9-8-10-12-19/h13-14,18-19,21,24-26,36,40H,6-12,15-16,34H2,1-5H3,(H2,33,35,37,42)/t21-,24-,25-,26-,31+/m1/s1. The van der Waals surface area contributed by atoms with Crippen molar-refractivity contribution in [2.45, 2.75) is 103 Å². The van der Waals surface area contributed by atoms with Gasteiger partial charge in [-0.1, -0.05) is 40.0 Å². The third-order valence-electron chi connectivity index (χ3n) is 8.38. The minimum atomic E-state index is -2.09. The van der Waals surface area contributed by atoms with Crippen LogP contribution in [0.5, 0.6) is 0 Å². The first-order valence-electron chi connectivity index (χ1n) is 15.5. The number of aliphatic hydroxyl groups excluding tert-OH is 1. The number of nitriles is 1. The van der Waals surface area contributed by atoms with Crippen LogP contribution in [-0.4, -0.2) is 89.2 Å². The van der Waals surface area contributed by atoms with E-state index in [0.717, 1.165) is 38.4 Å². The molecule has 1 aromatic rings. The van der Waals surface area contributed by atoms with Crippen LogP contribution in [0.25, 0.3) is 0 Å². The summed E-state index contributed by atoms with van der Waals surface area (Å²) >= 11 is 0. The molecule has 1 aromatic heterocycles. The molecule has 2 fully saturated rings. The molecule has 14 nitrogen and oxygen atoms in total. The van der Waals surface area contributed by atoms with E-state index < -0.39 is 53.3 Å². The molecule has 0 spiro atoms. The Balaban J connectivity index is 1.92. The van der Waals surface area contributed by atoms with E-state index in [4.69, 9.17) is 25.7 Å². The lowest BCUT2D eigenvalue weighted by Gasteiger charge is -2.28. The Morgan fingerprint density at radius 2 is 1.91 bits per heavy atom. The molecule has 2 heterocycles. The van der Waals surface area contributed by atoms with Crippen molar-refractivity contribution in [3.05, 3.63) is 23.5 Å². The van der Waals surface area contributed by atoms with Gasteiger partial charge in [-0.15, -0.1) is 0 Å². The van der Waals surface area contributed by atoms with Gasteiger partial charge in [-0.3, -0.25) is 9.59 Å². The fourth-order valence-corrected chi connectivity index (χ4v) is 5.50. The number of nitrogens with zero attached hydrogens (tertiary/aromatic N) is 4. The topological polar surface area (TPSA) is 219 Å². The lowest BCUT2D eigenvalue weighted by molar-refractivity contribution is -0.163. The number of urea groups is 1. The van der Waals surface area contributed by atoms with E-state index >= 15 is 0 Å². The van der Waals surface area contributed by atoms with Crippen molar-refractivity contribution < 1.29 is 33.7 Å². The minimum absolute atomic E-state index is 0.0615. The van der Waals surface area contributed by atoms with Gasteiger partial charge in [0.05, 0.1) is 17.7 Å². The zero-order chi connectivity index (χ0) is 33.4. The predicted molar refractivity (Wildman–Crippen MR) is 166 cm³/mol. The maximum absolute atomic E-state index is 13.1. The van der Waals surface area contributed by atoms with Gasteiger partial charge in [0.2, 0.25) is 5.60 Å². The van der Waals surface area contributed by atoms with Crippen molar-refractivity contribution >= 4 is 30.1 Å². The number of amides is 2.